The maximum atomic E-state index is 12.7. The molecule has 3 N–H and O–H groups in total. The van der Waals surface area contributed by atoms with Crippen LogP contribution >= 0.6 is 22.7 Å². The van der Waals surface area contributed by atoms with Crippen LogP contribution in [0.1, 0.15) is 16.8 Å². The largest absolute Gasteiger partial charge is 0.416 e. The Hall–Kier alpha value is -2.56. The van der Waals surface area contributed by atoms with E-state index < -0.39 is 11.7 Å². The molecular formula is C20H18F3N5S2. The minimum absolute atomic E-state index is 0.261. The summed E-state index contributed by atoms with van der Waals surface area (Å²) >= 11 is 3.08. The number of pyridine rings is 1. The van der Waals surface area contributed by atoms with Gasteiger partial charge >= 0.3 is 6.18 Å². The second-order valence-corrected chi connectivity index (χ2v) is 8.87. The van der Waals surface area contributed by atoms with E-state index in [-0.39, 0.29) is 6.04 Å². The van der Waals surface area contributed by atoms with E-state index in [0.29, 0.717) is 13.0 Å². The number of rotatable bonds is 6. The molecule has 0 bridgehead atoms. The minimum atomic E-state index is -4.33. The van der Waals surface area contributed by atoms with Crippen molar-refractivity contribution in [3.8, 4) is 9.88 Å². The maximum Gasteiger partial charge on any atom is 0.416 e. The van der Waals surface area contributed by atoms with Crippen molar-refractivity contribution in [3.63, 3.8) is 0 Å². The Kier molecular flexibility index (Phi) is 5.72. The number of nitrogens with two attached hydrogens (primary N) is 1. The van der Waals surface area contributed by atoms with Crippen molar-refractivity contribution in [1.82, 2.24) is 15.0 Å². The SMILES string of the molecule is Cc1nc(NC[C@@H](N)Cc2ccc(C(F)(F)F)cc2)sc1-c1nc2ccncc2s1. The topological polar surface area (TPSA) is 76.7 Å². The molecule has 0 fully saturated rings. The van der Waals surface area contributed by atoms with Crippen LogP contribution in [0.15, 0.2) is 42.7 Å². The summed E-state index contributed by atoms with van der Waals surface area (Å²) in [5.74, 6) is 0. The second-order valence-electron chi connectivity index (χ2n) is 6.84. The van der Waals surface area contributed by atoms with E-state index in [0.717, 1.165) is 48.6 Å². The van der Waals surface area contributed by atoms with Crippen LogP contribution in [0.3, 0.4) is 0 Å². The van der Waals surface area contributed by atoms with Crippen molar-refractivity contribution in [3.05, 3.63) is 59.5 Å². The lowest BCUT2D eigenvalue weighted by Crippen LogP contribution is -2.31. The van der Waals surface area contributed by atoms with Crippen molar-refractivity contribution in [2.75, 3.05) is 11.9 Å². The van der Waals surface area contributed by atoms with E-state index in [9.17, 15) is 13.2 Å². The lowest BCUT2D eigenvalue weighted by atomic mass is 10.0. The molecule has 0 amide bonds. The van der Waals surface area contributed by atoms with Crippen molar-refractivity contribution in [2.45, 2.75) is 25.6 Å². The number of alkyl halides is 3. The molecule has 4 aromatic rings. The number of halogens is 3. The first-order chi connectivity index (χ1) is 14.3. The van der Waals surface area contributed by atoms with Gasteiger partial charge in [0.15, 0.2) is 5.13 Å². The van der Waals surface area contributed by atoms with Crippen LogP contribution in [-0.4, -0.2) is 27.5 Å². The summed E-state index contributed by atoms with van der Waals surface area (Å²) in [6, 6.07) is 6.72. The maximum absolute atomic E-state index is 12.7. The lowest BCUT2D eigenvalue weighted by molar-refractivity contribution is -0.137. The first-order valence-corrected chi connectivity index (χ1v) is 10.8. The monoisotopic (exact) mass is 449 g/mol. The van der Waals surface area contributed by atoms with Gasteiger partial charge in [0.05, 0.1) is 26.4 Å². The quantitative estimate of drug-likeness (QED) is 0.427. The molecular weight excluding hydrogens is 431 g/mol. The predicted octanol–water partition coefficient (Wildman–Crippen LogP) is 5.12. The third-order valence-electron chi connectivity index (χ3n) is 4.48. The number of aromatic nitrogens is 3. The number of hydrogen-bond acceptors (Lipinski definition) is 7. The van der Waals surface area contributed by atoms with Crippen LogP contribution in [0.5, 0.6) is 0 Å². The molecule has 5 nitrogen and oxygen atoms in total. The van der Waals surface area contributed by atoms with E-state index in [2.05, 4.69) is 20.3 Å². The number of anilines is 1. The zero-order chi connectivity index (χ0) is 21.3. The fraction of sp³-hybridized carbons (Fsp3) is 0.250. The van der Waals surface area contributed by atoms with E-state index in [1.54, 1.807) is 23.7 Å². The summed E-state index contributed by atoms with van der Waals surface area (Å²) in [6.07, 6.45) is -0.349. The molecule has 156 valence electrons. The number of hydrogen-bond donors (Lipinski definition) is 2. The van der Waals surface area contributed by atoms with E-state index >= 15 is 0 Å². The van der Waals surface area contributed by atoms with Gasteiger partial charge in [-0.1, -0.05) is 23.5 Å². The number of fused-ring (bicyclic) bond motifs is 1. The normalized spacial score (nSPS) is 13.0. The zero-order valence-corrected chi connectivity index (χ0v) is 17.5. The molecule has 3 heterocycles. The smallest absolute Gasteiger partial charge is 0.360 e. The standard InChI is InChI=1S/C20H18F3N5S2/c1-11-17(18-28-15-6-7-25-10-16(15)29-18)30-19(27-11)26-9-14(24)8-12-2-4-13(5-3-12)20(21,22)23/h2-7,10,14H,8-9,24H2,1H3,(H,26,27)/t14-/m0/s1. The first-order valence-electron chi connectivity index (χ1n) is 9.13. The van der Waals surface area contributed by atoms with Gasteiger partial charge in [-0.2, -0.15) is 13.2 Å². The average Bonchev–Trinajstić information content (AvgIpc) is 3.29. The van der Waals surface area contributed by atoms with Gasteiger partial charge in [-0.15, -0.1) is 11.3 Å². The van der Waals surface area contributed by atoms with E-state index in [1.165, 1.54) is 23.5 Å². The second kappa shape index (κ2) is 8.29. The lowest BCUT2D eigenvalue weighted by Gasteiger charge is -2.13. The number of nitrogens with zero attached hydrogens (tertiary/aromatic N) is 3. The van der Waals surface area contributed by atoms with Crippen LogP contribution in [0, 0.1) is 6.92 Å². The fourth-order valence-electron chi connectivity index (χ4n) is 2.97. The number of thiazole rings is 2. The summed E-state index contributed by atoms with van der Waals surface area (Å²) in [4.78, 5) is 14.3. The Morgan fingerprint density at radius 3 is 2.57 bits per heavy atom. The summed E-state index contributed by atoms with van der Waals surface area (Å²) in [7, 11) is 0. The summed E-state index contributed by atoms with van der Waals surface area (Å²) < 4.78 is 39.0. The van der Waals surface area contributed by atoms with Gasteiger partial charge < -0.3 is 11.1 Å². The van der Waals surface area contributed by atoms with Crippen molar-refractivity contribution >= 4 is 38.0 Å². The third kappa shape index (κ3) is 4.61. The summed E-state index contributed by atoms with van der Waals surface area (Å²) in [5.41, 5.74) is 8.05. The Morgan fingerprint density at radius 2 is 1.87 bits per heavy atom. The molecule has 0 aliphatic carbocycles. The van der Waals surface area contributed by atoms with Gasteiger partial charge in [0.1, 0.15) is 5.01 Å². The molecule has 0 aliphatic rings. The molecule has 10 heteroatoms. The fourth-order valence-corrected chi connectivity index (χ4v) is 5.00. The Bertz CT molecular complexity index is 1120. The van der Waals surface area contributed by atoms with Crippen molar-refractivity contribution in [2.24, 2.45) is 5.73 Å². The van der Waals surface area contributed by atoms with Crippen molar-refractivity contribution < 1.29 is 13.2 Å². The molecule has 0 saturated carbocycles. The van der Waals surface area contributed by atoms with E-state index in [1.807, 2.05) is 13.0 Å². The Morgan fingerprint density at radius 1 is 1.10 bits per heavy atom. The predicted molar refractivity (Wildman–Crippen MR) is 115 cm³/mol. The molecule has 3 aromatic heterocycles. The average molecular weight is 450 g/mol. The van der Waals surface area contributed by atoms with Crippen LogP contribution in [0.25, 0.3) is 20.1 Å². The minimum Gasteiger partial charge on any atom is -0.360 e. The van der Waals surface area contributed by atoms with E-state index in [4.69, 9.17) is 5.73 Å². The zero-order valence-electron chi connectivity index (χ0n) is 15.9. The highest BCUT2D eigenvalue weighted by molar-refractivity contribution is 7.26. The molecule has 1 atom stereocenters. The molecule has 0 spiro atoms. The molecule has 4 rings (SSSR count). The van der Waals surface area contributed by atoms with Crippen molar-refractivity contribution in [1.29, 1.82) is 0 Å². The molecule has 0 radical (unpaired) electrons. The summed E-state index contributed by atoms with van der Waals surface area (Å²) in [6.45, 7) is 2.39. The summed E-state index contributed by atoms with van der Waals surface area (Å²) in [5, 5.41) is 4.87. The number of nitrogens with one attached hydrogen (secondary N) is 1. The molecule has 0 unspecified atom stereocenters. The Labute approximate surface area is 178 Å². The van der Waals surface area contributed by atoms with Gasteiger partial charge in [-0.3, -0.25) is 4.98 Å². The highest BCUT2D eigenvalue weighted by Gasteiger charge is 2.29. The third-order valence-corrected chi connectivity index (χ3v) is 6.75. The molecule has 1 aromatic carbocycles. The highest BCUT2D eigenvalue weighted by Crippen LogP contribution is 2.37. The van der Waals surface area contributed by atoms with Crippen LogP contribution in [-0.2, 0) is 12.6 Å². The molecule has 0 aliphatic heterocycles. The van der Waals surface area contributed by atoms with Crippen LogP contribution in [0.2, 0.25) is 0 Å². The van der Waals surface area contributed by atoms with Gasteiger partial charge in [0.2, 0.25) is 0 Å². The Balaban J connectivity index is 1.38. The van der Waals surface area contributed by atoms with Crippen LogP contribution < -0.4 is 11.1 Å². The van der Waals surface area contributed by atoms with Crippen LogP contribution in [0.4, 0.5) is 18.3 Å². The molecule has 0 saturated heterocycles. The number of benzene rings is 1. The van der Waals surface area contributed by atoms with Gasteiger partial charge in [-0.25, -0.2) is 9.97 Å². The van der Waals surface area contributed by atoms with Gasteiger partial charge in [0, 0.05) is 25.0 Å². The highest BCUT2D eigenvalue weighted by atomic mass is 32.1. The first kappa shape index (κ1) is 20.7. The van der Waals surface area contributed by atoms with Gasteiger partial charge in [0.25, 0.3) is 0 Å². The number of aryl methyl sites for hydroxylation is 1. The molecule has 30 heavy (non-hydrogen) atoms. The van der Waals surface area contributed by atoms with Gasteiger partial charge in [-0.05, 0) is 37.1 Å².